The van der Waals surface area contributed by atoms with E-state index in [1.807, 2.05) is 0 Å². The average Bonchev–Trinajstić information content (AvgIpc) is 0.776. The van der Waals surface area contributed by atoms with Gasteiger partial charge in [0.05, 0.1) is 51.1 Å². The van der Waals surface area contributed by atoms with Gasteiger partial charge in [0.25, 0.3) is 0 Å². The summed E-state index contributed by atoms with van der Waals surface area (Å²) in [5.41, 5.74) is -1.83. The molecule has 23 nitrogen and oxygen atoms in total. The molecule has 1 rings (SSSR count). The number of hydrogen-bond donors (Lipinski definition) is 7. The molecule has 714 valence electrons. The van der Waals surface area contributed by atoms with Crippen molar-refractivity contribution >= 4 is 51.1 Å². The maximum Gasteiger partial charge on any atom is 0.470 e. The van der Waals surface area contributed by atoms with Gasteiger partial charge >= 0.3 is 39.3 Å². The summed E-state index contributed by atoms with van der Waals surface area (Å²) in [6.07, 6.45) is 53.5. The van der Waals surface area contributed by atoms with Crippen molar-refractivity contribution in [2.45, 2.75) is 534 Å². The first kappa shape index (κ1) is 116. The molecule has 1 aliphatic rings. The zero-order chi connectivity index (χ0) is 89.0. The Morgan fingerprint density at radius 2 is 0.661 bits per heavy atom. The standard InChI is InChI=1S/C96H184N2O21P2/c1-8-14-20-26-32-38-41-47-53-59-65-71-88(103)114-82(68-62-56-50-44-35-29-23-17-11-4)74-86(101)97-78-96(79-100,81-113-120(7,107)108)80-112-95-92(98-87(102)75-83(69-63-57-51-45-36-30-24-18-12-5)115-89(104)72-66-60-54-48-42-39-33-27-21-15-9-2)94(93(85(77-99)117-95)119-121(109,110)111)118-91(106)76-84(70-64-58-52-46-37-31-25-19-13-6)116-90(105)73-67-61-55-49-43-40-34-28-22-16-10-3/h82-85,92-95,99-100H,8-81H2,1-7H3,(H,97,101)(H,98,102)(H,107,108)(H2,109,110,111)/t82-,83-,84-,85?,92?,93+,94-,95-,96?/m1/s1. The molecular formula is C96H184N2O21P2. The van der Waals surface area contributed by atoms with E-state index in [4.69, 9.17) is 37.5 Å². The Morgan fingerprint density at radius 3 is 0.950 bits per heavy atom. The second-order valence-corrected chi connectivity index (χ2v) is 38.9. The largest absolute Gasteiger partial charge is 0.470 e. The predicted octanol–water partition coefficient (Wildman–Crippen LogP) is 24.3. The highest BCUT2D eigenvalue weighted by Crippen LogP contribution is 2.44. The number of amides is 2. The summed E-state index contributed by atoms with van der Waals surface area (Å²) >= 11 is 0. The molecule has 0 aromatic carbocycles. The maximum absolute atomic E-state index is 15.2. The van der Waals surface area contributed by atoms with Gasteiger partial charge in [-0.3, -0.25) is 37.9 Å². The van der Waals surface area contributed by atoms with Crippen LogP contribution in [0.4, 0.5) is 0 Å². The van der Waals surface area contributed by atoms with Crippen LogP contribution in [-0.2, 0) is 75.4 Å². The fraction of sp³-hybridized carbons (Fsp3) is 0.938. The van der Waals surface area contributed by atoms with Gasteiger partial charge in [-0.1, -0.05) is 388 Å². The van der Waals surface area contributed by atoms with E-state index in [1.54, 1.807) is 0 Å². The highest BCUT2D eigenvalue weighted by molar-refractivity contribution is 7.51. The van der Waals surface area contributed by atoms with E-state index in [-0.39, 0.29) is 32.1 Å². The summed E-state index contributed by atoms with van der Waals surface area (Å²) in [6, 6.07) is -1.81. The Kier molecular flexibility index (Phi) is 75.8. The van der Waals surface area contributed by atoms with E-state index >= 15 is 4.79 Å². The molecule has 1 fully saturated rings. The van der Waals surface area contributed by atoms with Gasteiger partial charge in [-0.2, -0.15) is 0 Å². The topological polar surface area (TPSA) is 336 Å². The predicted molar refractivity (Wildman–Crippen MR) is 487 cm³/mol. The lowest BCUT2D eigenvalue weighted by atomic mass is 9.90. The SMILES string of the molecule is CCCCCCCCCCCCCC(=O)O[C@H](CCCCCCCCCCC)CC(=O)NCC(CO)(CO[C@@H]1OC(CO)[C@H](OP(=O)(O)O)[C@H](OC(=O)C[C@@H](CCCCCCCCCCC)OC(=O)CCCCCCCCCCCCC)C1NC(=O)C[C@@H](CCCCCCCCCCC)OC(=O)CCCCCCCCCCCCC)COP(C)(=O)O. The summed E-state index contributed by atoms with van der Waals surface area (Å²) < 4.78 is 74.9. The fourth-order valence-electron chi connectivity index (χ4n) is 16.2. The first-order valence-electron chi connectivity index (χ1n) is 50.0. The van der Waals surface area contributed by atoms with Gasteiger partial charge in [0.2, 0.25) is 11.8 Å². The molecule has 0 aromatic rings. The minimum Gasteiger partial charge on any atom is -0.462 e. The van der Waals surface area contributed by atoms with Crippen molar-refractivity contribution < 1.29 is 100 Å². The number of carbonyl (C=O) groups is 6. The number of carbonyl (C=O) groups excluding carboxylic acids is 6. The number of rotatable bonds is 89. The van der Waals surface area contributed by atoms with Gasteiger partial charge in [0.15, 0.2) is 12.4 Å². The van der Waals surface area contributed by atoms with Crippen LogP contribution in [0.25, 0.3) is 0 Å². The van der Waals surface area contributed by atoms with E-state index in [1.165, 1.54) is 161 Å². The molecule has 121 heavy (non-hydrogen) atoms. The summed E-state index contributed by atoms with van der Waals surface area (Å²) in [4.78, 5) is 118. The van der Waals surface area contributed by atoms with Gasteiger partial charge < -0.3 is 68.5 Å². The third-order valence-corrected chi connectivity index (χ3v) is 24.9. The Hall–Kier alpha value is -3.08. The van der Waals surface area contributed by atoms with Crippen molar-refractivity contribution in [1.82, 2.24) is 10.6 Å². The minimum atomic E-state index is -5.61. The zero-order valence-corrected chi connectivity index (χ0v) is 79.9. The van der Waals surface area contributed by atoms with Crippen molar-refractivity contribution in [2.24, 2.45) is 5.41 Å². The van der Waals surface area contributed by atoms with Gasteiger partial charge in [0, 0.05) is 32.5 Å². The van der Waals surface area contributed by atoms with Crippen LogP contribution < -0.4 is 10.6 Å². The van der Waals surface area contributed by atoms with E-state index in [9.17, 15) is 58.0 Å². The van der Waals surface area contributed by atoms with Crippen LogP contribution in [0.3, 0.4) is 0 Å². The molecule has 0 aliphatic carbocycles. The molecule has 0 aromatic heterocycles. The fourth-order valence-corrected chi connectivity index (χ4v) is 17.3. The van der Waals surface area contributed by atoms with E-state index in [0.717, 1.165) is 193 Å². The number of aliphatic hydroxyl groups is 2. The van der Waals surface area contributed by atoms with Crippen LogP contribution in [0, 0.1) is 5.41 Å². The lowest BCUT2D eigenvalue weighted by Crippen LogP contribution is -2.67. The number of phosphoric acid groups is 1. The van der Waals surface area contributed by atoms with E-state index in [2.05, 4.69) is 52.2 Å². The van der Waals surface area contributed by atoms with Gasteiger partial charge in [-0.25, -0.2) is 4.57 Å². The normalized spacial score (nSPS) is 17.3. The molecule has 7 N–H and O–H groups in total. The van der Waals surface area contributed by atoms with Crippen LogP contribution in [0.1, 0.15) is 485 Å². The van der Waals surface area contributed by atoms with E-state index < -0.39 is 151 Å². The van der Waals surface area contributed by atoms with Crippen LogP contribution in [-0.4, -0.2) is 149 Å². The summed E-state index contributed by atoms with van der Waals surface area (Å²) in [6.45, 7) is 10.3. The number of aliphatic hydroxyl groups excluding tert-OH is 2. The van der Waals surface area contributed by atoms with E-state index in [0.29, 0.717) is 51.4 Å². The molecule has 4 unspecified atom stereocenters. The highest BCUT2D eigenvalue weighted by Gasteiger charge is 2.53. The zero-order valence-electron chi connectivity index (χ0n) is 78.1. The Balaban J connectivity index is 4.00. The van der Waals surface area contributed by atoms with Crippen LogP contribution >= 0.6 is 15.4 Å². The summed E-state index contributed by atoms with van der Waals surface area (Å²) in [7, 11) is -9.97. The molecule has 25 heteroatoms. The molecule has 2 amide bonds. The first-order valence-corrected chi connectivity index (χ1v) is 53.6. The molecule has 1 aliphatic heterocycles. The van der Waals surface area contributed by atoms with Crippen molar-refractivity contribution in [3.05, 3.63) is 0 Å². The molecular weight excluding hydrogens is 1580 g/mol. The molecule has 0 spiro atoms. The van der Waals surface area contributed by atoms with Crippen molar-refractivity contribution in [3.63, 3.8) is 0 Å². The molecule has 0 radical (unpaired) electrons. The van der Waals surface area contributed by atoms with Crippen molar-refractivity contribution in [2.75, 3.05) is 39.6 Å². The quantitative estimate of drug-likeness (QED) is 0.0129. The maximum atomic E-state index is 15.2. The average molecular weight is 1760 g/mol. The number of phosphoric ester groups is 1. The molecule has 1 heterocycles. The first-order chi connectivity index (χ1) is 58.5. The highest BCUT2D eigenvalue weighted by atomic mass is 31.2. The van der Waals surface area contributed by atoms with Crippen molar-refractivity contribution in [1.29, 1.82) is 0 Å². The molecule has 0 bridgehead atoms. The Bertz CT molecular complexity index is 2580. The van der Waals surface area contributed by atoms with Crippen molar-refractivity contribution in [3.8, 4) is 0 Å². The summed E-state index contributed by atoms with van der Waals surface area (Å²) in [5, 5.41) is 28.4. The number of unbranched alkanes of at least 4 members (excludes halogenated alkanes) is 54. The molecule has 1 saturated heterocycles. The molecule has 0 saturated carbocycles. The molecule has 10 atom stereocenters. The number of hydrogen-bond acceptors (Lipinski definition) is 18. The number of esters is 4. The lowest BCUT2D eigenvalue weighted by Gasteiger charge is -2.46. The Morgan fingerprint density at radius 1 is 0.372 bits per heavy atom. The second-order valence-electron chi connectivity index (χ2n) is 35.8. The number of nitrogens with one attached hydrogen (secondary N) is 2. The van der Waals surface area contributed by atoms with Gasteiger partial charge in [0.1, 0.15) is 36.6 Å². The smallest absolute Gasteiger partial charge is 0.462 e. The third-order valence-electron chi connectivity index (χ3n) is 23.8. The third kappa shape index (κ3) is 68.7. The van der Waals surface area contributed by atoms with Crippen LogP contribution in [0.5, 0.6) is 0 Å². The Labute approximate surface area is 736 Å². The van der Waals surface area contributed by atoms with Crippen LogP contribution in [0.15, 0.2) is 0 Å². The van der Waals surface area contributed by atoms with Crippen LogP contribution in [0.2, 0.25) is 0 Å². The summed E-state index contributed by atoms with van der Waals surface area (Å²) in [5.74, 6) is -3.78. The lowest BCUT2D eigenvalue weighted by molar-refractivity contribution is -0.278. The second kappa shape index (κ2) is 79.1. The van der Waals surface area contributed by atoms with Gasteiger partial charge in [-0.15, -0.1) is 0 Å². The minimum absolute atomic E-state index is 0.117. The monoisotopic (exact) mass is 1760 g/mol. The number of ether oxygens (including phenoxy) is 6. The van der Waals surface area contributed by atoms with Gasteiger partial charge in [-0.05, 0) is 57.8 Å².